The summed E-state index contributed by atoms with van der Waals surface area (Å²) < 4.78 is 0. The molecular formula is C23H29N3O2. The largest absolute Gasteiger partial charge is 0.338 e. The van der Waals surface area contributed by atoms with E-state index in [2.05, 4.69) is 11.9 Å². The van der Waals surface area contributed by atoms with E-state index in [-0.39, 0.29) is 17.9 Å². The molecule has 0 aliphatic carbocycles. The first kappa shape index (κ1) is 20.1. The van der Waals surface area contributed by atoms with Crippen molar-refractivity contribution in [2.75, 3.05) is 13.1 Å². The average molecular weight is 380 g/mol. The minimum Gasteiger partial charge on any atom is -0.338 e. The first-order chi connectivity index (χ1) is 13.5. The molecule has 2 heterocycles. The number of piperidine rings is 1. The van der Waals surface area contributed by atoms with Gasteiger partial charge >= 0.3 is 0 Å². The van der Waals surface area contributed by atoms with Gasteiger partial charge < -0.3 is 9.80 Å². The van der Waals surface area contributed by atoms with Crippen LogP contribution >= 0.6 is 0 Å². The standard InChI is InChI=1S/C23H29N3O2/c1-17(2)26(16-19-9-5-4-6-10-19)23(28)21-12-20(13-24-14-21)22(27)25-11-7-8-18(3)15-25/h4-6,9-10,12-14,17-18H,7-8,11,15-16H2,1-3H3. The van der Waals surface area contributed by atoms with Gasteiger partial charge in [-0.15, -0.1) is 0 Å². The third-order valence-electron chi connectivity index (χ3n) is 5.26. The SMILES string of the molecule is CC1CCCN(C(=O)c2cncc(C(=O)N(Cc3ccccc3)C(C)C)c2)C1. The van der Waals surface area contributed by atoms with Crippen molar-refractivity contribution < 1.29 is 9.59 Å². The Morgan fingerprint density at radius 2 is 1.89 bits per heavy atom. The second-order valence-corrected chi connectivity index (χ2v) is 7.97. The summed E-state index contributed by atoms with van der Waals surface area (Å²) in [7, 11) is 0. The Bertz CT molecular complexity index is 820. The molecule has 0 N–H and O–H groups in total. The lowest BCUT2D eigenvalue weighted by molar-refractivity contribution is 0.0682. The topological polar surface area (TPSA) is 53.5 Å². The van der Waals surface area contributed by atoms with Gasteiger partial charge in [0.25, 0.3) is 11.8 Å². The van der Waals surface area contributed by atoms with Gasteiger partial charge in [0.15, 0.2) is 0 Å². The Labute approximate surface area is 167 Å². The molecule has 2 amide bonds. The summed E-state index contributed by atoms with van der Waals surface area (Å²) in [6.07, 6.45) is 5.30. The van der Waals surface area contributed by atoms with Gasteiger partial charge in [-0.05, 0) is 44.2 Å². The Morgan fingerprint density at radius 3 is 2.57 bits per heavy atom. The fraction of sp³-hybridized carbons (Fsp3) is 0.435. The lowest BCUT2D eigenvalue weighted by Crippen LogP contribution is -2.39. The summed E-state index contributed by atoms with van der Waals surface area (Å²) in [5.74, 6) is 0.374. The number of likely N-dealkylation sites (tertiary alicyclic amines) is 1. The monoisotopic (exact) mass is 379 g/mol. The maximum absolute atomic E-state index is 13.2. The van der Waals surface area contributed by atoms with Crippen LogP contribution in [-0.4, -0.2) is 45.7 Å². The van der Waals surface area contributed by atoms with Gasteiger partial charge in [-0.25, -0.2) is 0 Å². The molecule has 0 radical (unpaired) electrons. The number of amides is 2. The van der Waals surface area contributed by atoms with Gasteiger partial charge in [0.05, 0.1) is 11.1 Å². The molecule has 0 spiro atoms. The molecule has 2 aromatic rings. The number of pyridine rings is 1. The molecule has 0 saturated carbocycles. The quantitative estimate of drug-likeness (QED) is 0.789. The van der Waals surface area contributed by atoms with Crippen LogP contribution in [0.5, 0.6) is 0 Å². The molecule has 1 aromatic carbocycles. The van der Waals surface area contributed by atoms with E-state index in [0.29, 0.717) is 23.6 Å². The van der Waals surface area contributed by atoms with Crippen molar-refractivity contribution in [3.63, 3.8) is 0 Å². The maximum atomic E-state index is 13.2. The molecule has 5 nitrogen and oxygen atoms in total. The molecule has 1 aliphatic heterocycles. The minimum absolute atomic E-state index is 0.0344. The number of nitrogens with zero attached hydrogens (tertiary/aromatic N) is 3. The summed E-state index contributed by atoms with van der Waals surface area (Å²) >= 11 is 0. The fourth-order valence-electron chi connectivity index (χ4n) is 3.67. The molecule has 1 unspecified atom stereocenters. The zero-order valence-corrected chi connectivity index (χ0v) is 17.0. The van der Waals surface area contributed by atoms with Crippen LogP contribution in [0.2, 0.25) is 0 Å². The third-order valence-corrected chi connectivity index (χ3v) is 5.26. The highest BCUT2D eigenvalue weighted by Crippen LogP contribution is 2.19. The summed E-state index contributed by atoms with van der Waals surface area (Å²) in [6.45, 7) is 8.23. The highest BCUT2D eigenvalue weighted by molar-refractivity contribution is 5.99. The third kappa shape index (κ3) is 4.77. The molecule has 148 valence electrons. The molecule has 3 rings (SSSR count). The van der Waals surface area contributed by atoms with Crippen LogP contribution in [-0.2, 0) is 6.54 Å². The molecule has 1 saturated heterocycles. The first-order valence-electron chi connectivity index (χ1n) is 10.0. The predicted octanol–water partition coefficient (Wildman–Crippen LogP) is 4.00. The van der Waals surface area contributed by atoms with E-state index < -0.39 is 0 Å². The Balaban J connectivity index is 1.79. The highest BCUT2D eigenvalue weighted by Gasteiger charge is 2.24. The van der Waals surface area contributed by atoms with Gasteiger partial charge in [0.2, 0.25) is 0 Å². The van der Waals surface area contributed by atoms with Crippen molar-refractivity contribution in [1.82, 2.24) is 14.8 Å². The van der Waals surface area contributed by atoms with Crippen molar-refractivity contribution in [3.8, 4) is 0 Å². The van der Waals surface area contributed by atoms with Gasteiger partial charge in [0, 0.05) is 38.1 Å². The summed E-state index contributed by atoms with van der Waals surface area (Å²) in [6, 6.07) is 11.7. The highest BCUT2D eigenvalue weighted by atomic mass is 16.2. The Morgan fingerprint density at radius 1 is 1.18 bits per heavy atom. The molecular weight excluding hydrogens is 350 g/mol. The number of aromatic nitrogens is 1. The second-order valence-electron chi connectivity index (χ2n) is 7.97. The van der Waals surface area contributed by atoms with Crippen molar-refractivity contribution in [2.24, 2.45) is 5.92 Å². The normalized spacial score (nSPS) is 16.9. The number of rotatable bonds is 5. The van der Waals surface area contributed by atoms with Crippen LogP contribution in [0.1, 0.15) is 59.9 Å². The zero-order chi connectivity index (χ0) is 20.1. The van der Waals surface area contributed by atoms with Crippen LogP contribution in [0.4, 0.5) is 0 Å². The first-order valence-corrected chi connectivity index (χ1v) is 10.0. The Kier molecular flexibility index (Phi) is 6.45. The number of hydrogen-bond donors (Lipinski definition) is 0. The molecule has 1 fully saturated rings. The van der Waals surface area contributed by atoms with Gasteiger partial charge in [0.1, 0.15) is 0 Å². The summed E-state index contributed by atoms with van der Waals surface area (Å²) in [4.78, 5) is 33.9. The molecule has 1 aliphatic rings. The van der Waals surface area contributed by atoms with Crippen molar-refractivity contribution in [1.29, 1.82) is 0 Å². The van der Waals surface area contributed by atoms with Crippen molar-refractivity contribution in [2.45, 2.75) is 46.2 Å². The lowest BCUT2D eigenvalue weighted by Gasteiger charge is -2.31. The van der Waals surface area contributed by atoms with E-state index in [1.165, 1.54) is 0 Å². The number of benzene rings is 1. The van der Waals surface area contributed by atoms with E-state index in [1.807, 2.05) is 54.0 Å². The van der Waals surface area contributed by atoms with Crippen LogP contribution in [0.15, 0.2) is 48.8 Å². The average Bonchev–Trinajstić information content (AvgIpc) is 2.71. The van der Waals surface area contributed by atoms with Crippen LogP contribution < -0.4 is 0 Å². The lowest BCUT2D eigenvalue weighted by atomic mass is 9.99. The summed E-state index contributed by atoms with van der Waals surface area (Å²) in [5, 5.41) is 0. The van der Waals surface area contributed by atoms with E-state index in [1.54, 1.807) is 18.5 Å². The van der Waals surface area contributed by atoms with Crippen molar-refractivity contribution in [3.05, 3.63) is 65.5 Å². The number of hydrogen-bond acceptors (Lipinski definition) is 3. The number of carbonyl (C=O) groups excluding carboxylic acids is 2. The van der Waals surface area contributed by atoms with E-state index in [9.17, 15) is 9.59 Å². The van der Waals surface area contributed by atoms with Crippen LogP contribution in [0, 0.1) is 5.92 Å². The van der Waals surface area contributed by atoms with Gasteiger partial charge in [-0.3, -0.25) is 14.6 Å². The second kappa shape index (κ2) is 9.00. The van der Waals surface area contributed by atoms with Crippen LogP contribution in [0.25, 0.3) is 0 Å². The van der Waals surface area contributed by atoms with E-state index in [0.717, 1.165) is 31.5 Å². The number of carbonyl (C=O) groups is 2. The van der Waals surface area contributed by atoms with Gasteiger partial charge in [-0.1, -0.05) is 37.3 Å². The smallest absolute Gasteiger partial charge is 0.255 e. The predicted molar refractivity (Wildman–Crippen MR) is 110 cm³/mol. The Hall–Kier alpha value is -2.69. The fourth-order valence-corrected chi connectivity index (χ4v) is 3.67. The maximum Gasteiger partial charge on any atom is 0.255 e. The van der Waals surface area contributed by atoms with Crippen molar-refractivity contribution >= 4 is 11.8 Å². The molecule has 0 bridgehead atoms. The van der Waals surface area contributed by atoms with Gasteiger partial charge in [-0.2, -0.15) is 0 Å². The molecule has 1 atom stereocenters. The van der Waals surface area contributed by atoms with E-state index >= 15 is 0 Å². The molecule has 1 aromatic heterocycles. The summed E-state index contributed by atoms with van der Waals surface area (Å²) in [5.41, 5.74) is 2.02. The minimum atomic E-state index is -0.104. The molecule has 5 heteroatoms. The van der Waals surface area contributed by atoms with Crippen LogP contribution in [0.3, 0.4) is 0 Å². The zero-order valence-electron chi connectivity index (χ0n) is 17.0. The van der Waals surface area contributed by atoms with E-state index in [4.69, 9.17) is 0 Å². The molecule has 28 heavy (non-hydrogen) atoms.